The number of ether oxygens (including phenoxy) is 1. The van der Waals surface area contributed by atoms with Crippen molar-refractivity contribution in [1.29, 1.82) is 0 Å². The first-order chi connectivity index (χ1) is 9.63. The molecule has 2 rings (SSSR count). The molecular formula is C14H19N3O3. The Bertz CT molecular complexity index is 504. The SMILES string of the molecule is CCOc1ncccc1C(=O)N1CCNC(=O)C[C@@H]1C. The average Bonchev–Trinajstić information content (AvgIpc) is 2.59. The van der Waals surface area contributed by atoms with E-state index < -0.39 is 0 Å². The molecule has 0 bridgehead atoms. The van der Waals surface area contributed by atoms with E-state index >= 15 is 0 Å². The molecule has 1 aliphatic heterocycles. The van der Waals surface area contributed by atoms with Gasteiger partial charge < -0.3 is 15.0 Å². The van der Waals surface area contributed by atoms with Crippen molar-refractivity contribution in [3.63, 3.8) is 0 Å². The van der Waals surface area contributed by atoms with Crippen LogP contribution in [0.25, 0.3) is 0 Å². The van der Waals surface area contributed by atoms with Crippen molar-refractivity contribution in [1.82, 2.24) is 15.2 Å². The molecule has 1 aliphatic rings. The van der Waals surface area contributed by atoms with Crippen LogP contribution in [0.4, 0.5) is 0 Å². The number of carbonyl (C=O) groups excluding carboxylic acids is 2. The van der Waals surface area contributed by atoms with Gasteiger partial charge in [-0.05, 0) is 26.0 Å². The molecule has 1 N–H and O–H groups in total. The third kappa shape index (κ3) is 3.07. The molecule has 1 saturated heterocycles. The van der Waals surface area contributed by atoms with Gasteiger partial charge in [0.1, 0.15) is 5.56 Å². The summed E-state index contributed by atoms with van der Waals surface area (Å²) in [6.07, 6.45) is 1.91. The third-order valence-electron chi connectivity index (χ3n) is 3.23. The number of nitrogens with zero attached hydrogens (tertiary/aromatic N) is 2. The third-order valence-corrected chi connectivity index (χ3v) is 3.23. The first-order valence-electron chi connectivity index (χ1n) is 6.79. The molecule has 0 radical (unpaired) electrons. The Morgan fingerprint density at radius 1 is 1.60 bits per heavy atom. The number of carbonyl (C=O) groups is 2. The summed E-state index contributed by atoms with van der Waals surface area (Å²) in [5.41, 5.74) is 0.440. The topological polar surface area (TPSA) is 71.5 Å². The molecule has 0 saturated carbocycles. The lowest BCUT2D eigenvalue weighted by Gasteiger charge is -2.26. The number of hydrogen-bond donors (Lipinski definition) is 1. The Morgan fingerprint density at radius 3 is 3.15 bits per heavy atom. The molecule has 1 aromatic heterocycles. The van der Waals surface area contributed by atoms with Gasteiger partial charge >= 0.3 is 0 Å². The normalized spacial score (nSPS) is 19.2. The van der Waals surface area contributed by atoms with Gasteiger partial charge in [-0.15, -0.1) is 0 Å². The zero-order valence-electron chi connectivity index (χ0n) is 11.8. The van der Waals surface area contributed by atoms with Gasteiger partial charge in [-0.3, -0.25) is 9.59 Å². The second kappa shape index (κ2) is 6.36. The van der Waals surface area contributed by atoms with E-state index in [9.17, 15) is 9.59 Å². The zero-order valence-corrected chi connectivity index (χ0v) is 11.8. The lowest BCUT2D eigenvalue weighted by Crippen LogP contribution is -2.39. The largest absolute Gasteiger partial charge is 0.477 e. The molecule has 6 heteroatoms. The molecule has 0 aromatic carbocycles. The fourth-order valence-corrected chi connectivity index (χ4v) is 2.25. The predicted octanol–water partition coefficient (Wildman–Crippen LogP) is 0.831. The van der Waals surface area contributed by atoms with E-state index in [2.05, 4.69) is 10.3 Å². The molecule has 20 heavy (non-hydrogen) atoms. The van der Waals surface area contributed by atoms with Crippen molar-refractivity contribution in [2.45, 2.75) is 26.3 Å². The standard InChI is InChI=1S/C14H19N3O3/c1-3-20-13-11(5-4-6-16-13)14(19)17-8-7-15-12(18)9-10(17)2/h4-6,10H,3,7-9H2,1-2H3,(H,15,18)/t10-/m0/s1. The van der Waals surface area contributed by atoms with Crippen LogP contribution in [0, 0.1) is 0 Å². The summed E-state index contributed by atoms with van der Waals surface area (Å²) < 4.78 is 5.40. The molecule has 0 aliphatic carbocycles. The molecule has 0 unspecified atom stereocenters. The van der Waals surface area contributed by atoms with Gasteiger partial charge in [0.15, 0.2) is 0 Å². The Morgan fingerprint density at radius 2 is 2.40 bits per heavy atom. The summed E-state index contributed by atoms with van der Waals surface area (Å²) >= 11 is 0. The van der Waals surface area contributed by atoms with Crippen molar-refractivity contribution >= 4 is 11.8 Å². The van der Waals surface area contributed by atoms with Gasteiger partial charge in [-0.25, -0.2) is 4.98 Å². The summed E-state index contributed by atoms with van der Waals surface area (Å²) in [7, 11) is 0. The Labute approximate surface area is 118 Å². The molecule has 0 spiro atoms. The summed E-state index contributed by atoms with van der Waals surface area (Å²) in [4.78, 5) is 29.9. The fraction of sp³-hybridized carbons (Fsp3) is 0.500. The first-order valence-corrected chi connectivity index (χ1v) is 6.79. The zero-order chi connectivity index (χ0) is 14.5. The van der Waals surface area contributed by atoms with E-state index in [4.69, 9.17) is 4.74 Å². The summed E-state index contributed by atoms with van der Waals surface area (Å²) in [6.45, 7) is 5.14. The molecule has 2 amide bonds. The van der Waals surface area contributed by atoms with Gasteiger partial charge in [-0.2, -0.15) is 0 Å². The molecule has 6 nitrogen and oxygen atoms in total. The van der Waals surface area contributed by atoms with Gasteiger partial charge in [0, 0.05) is 31.7 Å². The second-order valence-corrected chi connectivity index (χ2v) is 4.69. The maximum Gasteiger partial charge on any atom is 0.259 e. The van der Waals surface area contributed by atoms with Crippen molar-refractivity contribution < 1.29 is 14.3 Å². The maximum absolute atomic E-state index is 12.6. The van der Waals surface area contributed by atoms with Crippen LogP contribution in [-0.2, 0) is 4.79 Å². The number of hydrogen-bond acceptors (Lipinski definition) is 4. The number of pyridine rings is 1. The number of aromatic nitrogens is 1. The van der Waals surface area contributed by atoms with Crippen molar-refractivity contribution in [2.75, 3.05) is 19.7 Å². The number of rotatable bonds is 3. The van der Waals surface area contributed by atoms with E-state index in [-0.39, 0.29) is 17.9 Å². The predicted molar refractivity (Wildman–Crippen MR) is 73.5 cm³/mol. The van der Waals surface area contributed by atoms with E-state index in [1.165, 1.54) is 0 Å². The summed E-state index contributed by atoms with van der Waals surface area (Å²) in [5, 5.41) is 2.77. The van der Waals surface area contributed by atoms with Crippen LogP contribution < -0.4 is 10.1 Å². The van der Waals surface area contributed by atoms with Crippen LogP contribution in [0.1, 0.15) is 30.6 Å². The number of amides is 2. The highest BCUT2D eigenvalue weighted by Gasteiger charge is 2.27. The highest BCUT2D eigenvalue weighted by Crippen LogP contribution is 2.19. The van der Waals surface area contributed by atoms with Gasteiger partial charge in [-0.1, -0.05) is 0 Å². The van der Waals surface area contributed by atoms with E-state index in [0.717, 1.165) is 0 Å². The van der Waals surface area contributed by atoms with Crippen LogP contribution >= 0.6 is 0 Å². The van der Waals surface area contributed by atoms with E-state index in [0.29, 0.717) is 37.6 Å². The van der Waals surface area contributed by atoms with Crippen LogP contribution in [-0.4, -0.2) is 47.4 Å². The highest BCUT2D eigenvalue weighted by atomic mass is 16.5. The smallest absolute Gasteiger partial charge is 0.259 e. The number of nitrogens with one attached hydrogen (secondary N) is 1. The minimum Gasteiger partial charge on any atom is -0.477 e. The van der Waals surface area contributed by atoms with Crippen LogP contribution in [0.5, 0.6) is 5.88 Å². The molecule has 2 heterocycles. The lowest BCUT2D eigenvalue weighted by molar-refractivity contribution is -0.121. The van der Waals surface area contributed by atoms with Crippen LogP contribution in [0.3, 0.4) is 0 Å². The Hall–Kier alpha value is -2.11. The molecule has 108 valence electrons. The first kappa shape index (κ1) is 14.3. The van der Waals surface area contributed by atoms with Crippen molar-refractivity contribution in [2.24, 2.45) is 0 Å². The molecule has 1 atom stereocenters. The fourth-order valence-electron chi connectivity index (χ4n) is 2.25. The van der Waals surface area contributed by atoms with Gasteiger partial charge in [0.25, 0.3) is 5.91 Å². The van der Waals surface area contributed by atoms with E-state index in [1.807, 2.05) is 13.8 Å². The summed E-state index contributed by atoms with van der Waals surface area (Å²) in [5.74, 6) is 0.172. The quantitative estimate of drug-likeness (QED) is 0.888. The summed E-state index contributed by atoms with van der Waals surface area (Å²) in [6, 6.07) is 3.27. The molecule has 1 aromatic rings. The van der Waals surface area contributed by atoms with Crippen LogP contribution in [0.15, 0.2) is 18.3 Å². The highest BCUT2D eigenvalue weighted by molar-refractivity contribution is 5.97. The minimum absolute atomic E-state index is 0.0241. The van der Waals surface area contributed by atoms with Gasteiger partial charge in [0.2, 0.25) is 11.8 Å². The van der Waals surface area contributed by atoms with Crippen molar-refractivity contribution in [3.8, 4) is 5.88 Å². The van der Waals surface area contributed by atoms with Crippen LogP contribution in [0.2, 0.25) is 0 Å². The lowest BCUT2D eigenvalue weighted by atomic mass is 10.1. The average molecular weight is 277 g/mol. The Balaban J connectivity index is 2.23. The van der Waals surface area contributed by atoms with Gasteiger partial charge in [0.05, 0.1) is 6.61 Å². The maximum atomic E-state index is 12.6. The molecular weight excluding hydrogens is 258 g/mol. The second-order valence-electron chi connectivity index (χ2n) is 4.69. The van der Waals surface area contributed by atoms with E-state index in [1.54, 1.807) is 23.2 Å². The minimum atomic E-state index is -0.148. The molecule has 1 fully saturated rings. The monoisotopic (exact) mass is 277 g/mol. The van der Waals surface area contributed by atoms with Crippen molar-refractivity contribution in [3.05, 3.63) is 23.9 Å². The Kier molecular flexibility index (Phi) is 4.55.